The van der Waals surface area contributed by atoms with Gasteiger partial charge in [-0.25, -0.2) is 0 Å². The lowest BCUT2D eigenvalue weighted by Gasteiger charge is -2.05. The number of amides is 1. The summed E-state index contributed by atoms with van der Waals surface area (Å²) in [5.41, 5.74) is 3.94. The summed E-state index contributed by atoms with van der Waals surface area (Å²) in [6.45, 7) is 4.06. The molecule has 0 bridgehead atoms. The Morgan fingerprint density at radius 3 is 2.32 bits per heavy atom. The van der Waals surface area contributed by atoms with Crippen LogP contribution in [0.2, 0.25) is 0 Å². The molecule has 0 fully saturated rings. The molecular weight excluding hydrogens is 272 g/mol. The zero-order chi connectivity index (χ0) is 15.9. The van der Waals surface area contributed by atoms with E-state index >= 15 is 0 Å². The monoisotopic (exact) mass is 290 g/mol. The number of hydrogen-bond acceptors (Lipinski definition) is 2. The van der Waals surface area contributed by atoms with Gasteiger partial charge < -0.3 is 5.32 Å². The molecule has 0 aliphatic rings. The Labute approximate surface area is 130 Å². The van der Waals surface area contributed by atoms with Crippen LogP contribution in [0.5, 0.6) is 0 Å². The summed E-state index contributed by atoms with van der Waals surface area (Å²) in [4.78, 5) is 12.2. The standard InChI is InChI=1S/C19H18N2O/c1-3-15-6-8-16(9-7-15)12-17(13-20)19(22)21-18-10-4-14(2)5-11-18/h4-12H,3H2,1-2H3,(H,21,22). The van der Waals surface area contributed by atoms with Gasteiger partial charge in [-0.2, -0.15) is 5.26 Å². The van der Waals surface area contributed by atoms with Crippen LogP contribution >= 0.6 is 0 Å². The second-order valence-corrected chi connectivity index (χ2v) is 5.09. The van der Waals surface area contributed by atoms with E-state index in [0.717, 1.165) is 17.5 Å². The van der Waals surface area contributed by atoms with Crippen LogP contribution in [-0.2, 0) is 11.2 Å². The van der Waals surface area contributed by atoms with Gasteiger partial charge in [0.2, 0.25) is 0 Å². The van der Waals surface area contributed by atoms with E-state index in [4.69, 9.17) is 0 Å². The van der Waals surface area contributed by atoms with Crippen LogP contribution in [0.15, 0.2) is 54.1 Å². The third kappa shape index (κ3) is 4.07. The van der Waals surface area contributed by atoms with E-state index in [1.165, 1.54) is 5.56 Å². The molecule has 110 valence electrons. The maximum atomic E-state index is 12.2. The van der Waals surface area contributed by atoms with Gasteiger partial charge in [0.15, 0.2) is 0 Å². The molecule has 0 aromatic heterocycles. The van der Waals surface area contributed by atoms with Crippen molar-refractivity contribution in [2.75, 3.05) is 5.32 Å². The fourth-order valence-corrected chi connectivity index (χ4v) is 2.00. The average molecular weight is 290 g/mol. The van der Waals surface area contributed by atoms with Crippen molar-refractivity contribution in [2.24, 2.45) is 0 Å². The molecule has 2 aromatic rings. The number of benzene rings is 2. The zero-order valence-electron chi connectivity index (χ0n) is 12.8. The third-order valence-corrected chi connectivity index (χ3v) is 3.37. The van der Waals surface area contributed by atoms with Crippen molar-refractivity contribution >= 4 is 17.7 Å². The summed E-state index contributed by atoms with van der Waals surface area (Å²) in [6.07, 6.45) is 2.56. The minimum Gasteiger partial charge on any atom is -0.321 e. The number of nitriles is 1. The Morgan fingerprint density at radius 2 is 1.77 bits per heavy atom. The highest BCUT2D eigenvalue weighted by Crippen LogP contribution is 2.13. The van der Waals surface area contributed by atoms with E-state index in [0.29, 0.717) is 5.69 Å². The number of aryl methyl sites for hydroxylation is 2. The van der Waals surface area contributed by atoms with Crippen molar-refractivity contribution in [3.05, 3.63) is 70.8 Å². The van der Waals surface area contributed by atoms with E-state index in [1.54, 1.807) is 6.08 Å². The van der Waals surface area contributed by atoms with Gasteiger partial charge in [0, 0.05) is 5.69 Å². The molecule has 1 amide bonds. The van der Waals surface area contributed by atoms with Gasteiger partial charge in [-0.1, -0.05) is 48.9 Å². The SMILES string of the molecule is CCc1ccc(C=C(C#N)C(=O)Nc2ccc(C)cc2)cc1. The summed E-state index contributed by atoms with van der Waals surface area (Å²) >= 11 is 0. The van der Waals surface area contributed by atoms with Gasteiger partial charge in [0.25, 0.3) is 5.91 Å². The Balaban J connectivity index is 2.15. The second-order valence-electron chi connectivity index (χ2n) is 5.09. The fourth-order valence-electron chi connectivity index (χ4n) is 2.00. The van der Waals surface area contributed by atoms with Crippen molar-refractivity contribution in [1.82, 2.24) is 0 Å². The Morgan fingerprint density at radius 1 is 1.14 bits per heavy atom. The minimum atomic E-state index is -0.397. The van der Waals surface area contributed by atoms with Crippen molar-refractivity contribution in [2.45, 2.75) is 20.3 Å². The molecule has 0 aliphatic heterocycles. The fraction of sp³-hybridized carbons (Fsp3) is 0.158. The zero-order valence-corrected chi connectivity index (χ0v) is 12.8. The van der Waals surface area contributed by atoms with Crippen molar-refractivity contribution in [1.29, 1.82) is 5.26 Å². The predicted octanol–water partition coefficient (Wildman–Crippen LogP) is 4.10. The lowest BCUT2D eigenvalue weighted by atomic mass is 10.1. The Hall–Kier alpha value is -2.86. The lowest BCUT2D eigenvalue weighted by Crippen LogP contribution is -2.13. The molecule has 0 saturated heterocycles. The molecule has 0 radical (unpaired) electrons. The molecule has 0 unspecified atom stereocenters. The van der Waals surface area contributed by atoms with Crippen molar-refractivity contribution in [3.63, 3.8) is 0 Å². The number of rotatable bonds is 4. The van der Waals surface area contributed by atoms with Gasteiger partial charge in [0.1, 0.15) is 11.6 Å². The van der Waals surface area contributed by atoms with Crippen LogP contribution in [0.3, 0.4) is 0 Å². The molecule has 2 aromatic carbocycles. The first-order chi connectivity index (χ1) is 10.6. The van der Waals surface area contributed by atoms with Crippen LogP contribution in [0.4, 0.5) is 5.69 Å². The summed E-state index contributed by atoms with van der Waals surface area (Å²) < 4.78 is 0. The first-order valence-electron chi connectivity index (χ1n) is 7.21. The predicted molar refractivity (Wildman–Crippen MR) is 89.2 cm³/mol. The van der Waals surface area contributed by atoms with Gasteiger partial charge >= 0.3 is 0 Å². The molecule has 0 heterocycles. The van der Waals surface area contributed by atoms with Gasteiger partial charge in [-0.05, 0) is 42.7 Å². The molecule has 3 heteroatoms. The lowest BCUT2D eigenvalue weighted by molar-refractivity contribution is -0.112. The Bertz CT molecular complexity index is 720. The maximum absolute atomic E-state index is 12.2. The highest BCUT2D eigenvalue weighted by molar-refractivity contribution is 6.09. The smallest absolute Gasteiger partial charge is 0.266 e. The van der Waals surface area contributed by atoms with E-state index in [-0.39, 0.29) is 5.57 Å². The second kappa shape index (κ2) is 7.24. The van der Waals surface area contributed by atoms with Gasteiger partial charge in [-0.3, -0.25) is 4.79 Å². The quantitative estimate of drug-likeness (QED) is 0.680. The molecule has 0 aliphatic carbocycles. The number of hydrogen-bond donors (Lipinski definition) is 1. The molecule has 1 N–H and O–H groups in total. The number of anilines is 1. The molecule has 3 nitrogen and oxygen atoms in total. The summed E-state index contributed by atoms with van der Waals surface area (Å²) in [5, 5.41) is 11.9. The average Bonchev–Trinajstić information content (AvgIpc) is 2.55. The Kier molecular flexibility index (Phi) is 5.11. The number of carbonyl (C=O) groups excluding carboxylic acids is 1. The topological polar surface area (TPSA) is 52.9 Å². The van der Waals surface area contributed by atoms with Crippen LogP contribution in [0, 0.1) is 18.3 Å². The first kappa shape index (κ1) is 15.5. The van der Waals surface area contributed by atoms with E-state index in [2.05, 4.69) is 12.2 Å². The largest absolute Gasteiger partial charge is 0.321 e. The highest BCUT2D eigenvalue weighted by atomic mass is 16.1. The van der Waals surface area contributed by atoms with Gasteiger partial charge in [-0.15, -0.1) is 0 Å². The van der Waals surface area contributed by atoms with Gasteiger partial charge in [0.05, 0.1) is 0 Å². The maximum Gasteiger partial charge on any atom is 0.266 e. The minimum absolute atomic E-state index is 0.0878. The van der Waals surface area contributed by atoms with Crippen LogP contribution in [-0.4, -0.2) is 5.91 Å². The molecule has 22 heavy (non-hydrogen) atoms. The number of carbonyl (C=O) groups is 1. The van der Waals surface area contributed by atoms with E-state index in [9.17, 15) is 10.1 Å². The third-order valence-electron chi connectivity index (χ3n) is 3.37. The number of nitrogens with zero attached hydrogens (tertiary/aromatic N) is 1. The van der Waals surface area contributed by atoms with Crippen molar-refractivity contribution in [3.8, 4) is 6.07 Å². The van der Waals surface area contributed by atoms with Crippen LogP contribution < -0.4 is 5.32 Å². The summed E-state index contributed by atoms with van der Waals surface area (Å²) in [6, 6.07) is 17.2. The number of nitrogens with one attached hydrogen (secondary N) is 1. The normalized spacial score (nSPS) is 10.9. The van der Waals surface area contributed by atoms with E-state index in [1.807, 2.05) is 61.5 Å². The summed E-state index contributed by atoms with van der Waals surface area (Å²) in [7, 11) is 0. The molecule has 0 spiro atoms. The molecule has 0 atom stereocenters. The first-order valence-corrected chi connectivity index (χ1v) is 7.21. The van der Waals surface area contributed by atoms with Crippen molar-refractivity contribution < 1.29 is 4.79 Å². The summed E-state index contributed by atoms with van der Waals surface area (Å²) in [5.74, 6) is -0.397. The highest BCUT2D eigenvalue weighted by Gasteiger charge is 2.09. The molecule has 2 rings (SSSR count). The molecular formula is C19H18N2O. The van der Waals surface area contributed by atoms with Crippen LogP contribution in [0.25, 0.3) is 6.08 Å². The molecule has 0 saturated carbocycles. The van der Waals surface area contributed by atoms with Crippen LogP contribution in [0.1, 0.15) is 23.6 Å². The van der Waals surface area contributed by atoms with E-state index < -0.39 is 5.91 Å².